The molecule has 0 saturated carbocycles. The fourth-order valence-electron chi connectivity index (χ4n) is 2.90. The number of carbonyl (C=O) groups is 1. The van der Waals surface area contributed by atoms with Crippen LogP contribution < -0.4 is 5.32 Å². The van der Waals surface area contributed by atoms with Crippen LogP contribution in [0, 0.1) is 5.92 Å². The monoisotopic (exact) mass is 336 g/mol. The lowest BCUT2D eigenvalue weighted by atomic mass is 10.0. The average Bonchev–Trinajstić information content (AvgIpc) is 3.24. The number of aromatic amines is 1. The van der Waals surface area contributed by atoms with Crippen LogP contribution in [0.15, 0.2) is 48.2 Å². The van der Waals surface area contributed by atoms with E-state index in [1.165, 1.54) is 0 Å². The van der Waals surface area contributed by atoms with Gasteiger partial charge in [-0.1, -0.05) is 39.0 Å². The van der Waals surface area contributed by atoms with Gasteiger partial charge < -0.3 is 5.32 Å². The third kappa shape index (κ3) is 3.87. The summed E-state index contributed by atoms with van der Waals surface area (Å²) < 4.78 is 0. The number of allylic oxidation sites excluding steroid dienone is 3. The minimum absolute atomic E-state index is 0.0399. The molecule has 2 atom stereocenters. The zero-order chi connectivity index (χ0) is 17.8. The number of aryl methyl sites for hydroxylation is 1. The Morgan fingerprint density at radius 3 is 2.96 bits per heavy atom. The molecule has 2 N–H and O–H groups in total. The highest BCUT2D eigenvalue weighted by Crippen LogP contribution is 2.23. The highest BCUT2D eigenvalue weighted by molar-refractivity contribution is 5.96. The van der Waals surface area contributed by atoms with Crippen molar-refractivity contribution >= 4 is 5.91 Å². The number of amides is 1. The summed E-state index contributed by atoms with van der Waals surface area (Å²) in [6.07, 6.45) is 8.68. The minimum atomic E-state index is 0.0399. The van der Waals surface area contributed by atoms with Crippen molar-refractivity contribution < 1.29 is 4.79 Å². The first-order valence-electron chi connectivity index (χ1n) is 8.75. The predicted octanol–water partition coefficient (Wildman–Crippen LogP) is 3.39. The van der Waals surface area contributed by atoms with Gasteiger partial charge in [0.1, 0.15) is 0 Å². The van der Waals surface area contributed by atoms with Crippen molar-refractivity contribution in [2.24, 2.45) is 5.92 Å². The molecular formula is C20H24N4O. The van der Waals surface area contributed by atoms with Gasteiger partial charge in [-0.05, 0) is 24.6 Å². The van der Waals surface area contributed by atoms with Crippen molar-refractivity contribution in [2.45, 2.75) is 33.1 Å². The molecule has 2 unspecified atom stereocenters. The second-order valence-electron chi connectivity index (χ2n) is 6.50. The van der Waals surface area contributed by atoms with E-state index in [1.54, 1.807) is 0 Å². The lowest BCUT2D eigenvalue weighted by molar-refractivity contribution is -0.116. The summed E-state index contributed by atoms with van der Waals surface area (Å²) in [5, 5.41) is 10.4. The Labute approximate surface area is 148 Å². The van der Waals surface area contributed by atoms with Crippen LogP contribution in [0.4, 0.5) is 0 Å². The lowest BCUT2D eigenvalue weighted by Gasteiger charge is -2.02. The first kappa shape index (κ1) is 17.1. The quantitative estimate of drug-likeness (QED) is 0.822. The summed E-state index contributed by atoms with van der Waals surface area (Å²) in [5.41, 5.74) is 4.95. The predicted molar refractivity (Wildman–Crippen MR) is 99.0 cm³/mol. The van der Waals surface area contributed by atoms with Crippen molar-refractivity contribution in [1.29, 1.82) is 0 Å². The molecule has 1 fully saturated rings. The molecule has 3 heterocycles. The smallest absolute Gasteiger partial charge is 0.247 e. The molecule has 1 saturated heterocycles. The maximum Gasteiger partial charge on any atom is 0.247 e. The number of pyridine rings is 1. The van der Waals surface area contributed by atoms with Crippen molar-refractivity contribution in [3.8, 4) is 11.3 Å². The van der Waals surface area contributed by atoms with Crippen LogP contribution in [0.3, 0.4) is 0 Å². The van der Waals surface area contributed by atoms with E-state index >= 15 is 0 Å². The van der Waals surface area contributed by atoms with E-state index in [9.17, 15) is 4.79 Å². The number of rotatable bonds is 5. The van der Waals surface area contributed by atoms with E-state index in [1.807, 2.05) is 24.4 Å². The minimum Gasteiger partial charge on any atom is -0.352 e. The number of nitrogens with one attached hydrogen (secondary N) is 2. The summed E-state index contributed by atoms with van der Waals surface area (Å²) in [5.74, 6) is 0.495. The van der Waals surface area contributed by atoms with Crippen LogP contribution in [-0.4, -0.2) is 27.6 Å². The Morgan fingerprint density at radius 2 is 2.24 bits per heavy atom. The number of aromatic nitrogens is 3. The van der Waals surface area contributed by atoms with Gasteiger partial charge in [0.15, 0.2) is 0 Å². The Kier molecular flexibility index (Phi) is 5.12. The van der Waals surface area contributed by atoms with Gasteiger partial charge in [-0.3, -0.25) is 14.9 Å². The van der Waals surface area contributed by atoms with Crippen LogP contribution in [0.1, 0.15) is 38.1 Å². The third-order valence-electron chi connectivity index (χ3n) is 4.60. The summed E-state index contributed by atoms with van der Waals surface area (Å²) in [4.78, 5) is 16.0. The molecule has 2 aromatic heterocycles. The van der Waals surface area contributed by atoms with Crippen LogP contribution in [0.5, 0.6) is 0 Å². The molecule has 0 spiro atoms. The van der Waals surface area contributed by atoms with E-state index in [0.29, 0.717) is 0 Å². The van der Waals surface area contributed by atoms with Crippen molar-refractivity contribution in [2.75, 3.05) is 6.54 Å². The van der Waals surface area contributed by atoms with Gasteiger partial charge in [0.2, 0.25) is 5.91 Å². The molecule has 3 rings (SSSR count). The molecule has 5 heteroatoms. The second-order valence-corrected chi connectivity index (χ2v) is 6.50. The fourth-order valence-corrected chi connectivity index (χ4v) is 2.90. The Bertz CT molecular complexity index is 819. The Morgan fingerprint density at radius 1 is 1.40 bits per heavy atom. The molecule has 0 radical (unpaired) electrons. The number of hydrogen-bond acceptors (Lipinski definition) is 3. The maximum absolute atomic E-state index is 11.7. The fraction of sp³-hybridized carbons (Fsp3) is 0.350. The Hall–Kier alpha value is -2.69. The standard InChI is InChI=1S/C20H24N4O/c1-4-16-10-15(8-9-21-16)19-11-18(23-24-19)13(2)6-5-7-17-14(3)12-22-20(17)25/h5-11,13-14H,4,12H2,1-3H3,(H,22,25)(H,23,24)/b6-5-,17-7+. The first-order valence-corrected chi connectivity index (χ1v) is 8.75. The van der Waals surface area contributed by atoms with Crippen LogP contribution in [-0.2, 0) is 11.2 Å². The molecule has 5 nitrogen and oxygen atoms in total. The maximum atomic E-state index is 11.7. The van der Waals surface area contributed by atoms with Gasteiger partial charge in [-0.25, -0.2) is 0 Å². The molecule has 2 aromatic rings. The van der Waals surface area contributed by atoms with Gasteiger partial charge in [-0.15, -0.1) is 0 Å². The lowest BCUT2D eigenvalue weighted by Crippen LogP contribution is -2.14. The molecule has 25 heavy (non-hydrogen) atoms. The van der Waals surface area contributed by atoms with E-state index in [2.05, 4.69) is 59.5 Å². The molecule has 1 amide bonds. The normalized spacial score (nSPS) is 20.4. The molecular weight excluding hydrogens is 312 g/mol. The largest absolute Gasteiger partial charge is 0.352 e. The van der Waals surface area contributed by atoms with E-state index < -0.39 is 0 Å². The molecule has 1 aliphatic rings. The molecule has 0 aliphatic carbocycles. The van der Waals surface area contributed by atoms with Crippen molar-refractivity contribution in [3.63, 3.8) is 0 Å². The van der Waals surface area contributed by atoms with Crippen molar-refractivity contribution in [1.82, 2.24) is 20.5 Å². The van der Waals surface area contributed by atoms with E-state index in [4.69, 9.17) is 0 Å². The first-order chi connectivity index (χ1) is 12.1. The van der Waals surface area contributed by atoms with Crippen LogP contribution in [0.25, 0.3) is 11.3 Å². The van der Waals surface area contributed by atoms with Crippen LogP contribution >= 0.6 is 0 Å². The van der Waals surface area contributed by atoms with E-state index in [-0.39, 0.29) is 17.7 Å². The SMILES string of the molecule is CCc1cc(-c2cc(C(C)/C=C\C=C3\C(=O)NCC3C)[nH]n2)ccn1. The van der Waals surface area contributed by atoms with Crippen molar-refractivity contribution in [3.05, 3.63) is 59.6 Å². The van der Waals surface area contributed by atoms with E-state index in [0.717, 1.165) is 41.2 Å². The average molecular weight is 336 g/mol. The zero-order valence-electron chi connectivity index (χ0n) is 14.9. The van der Waals surface area contributed by atoms with Crippen LogP contribution in [0.2, 0.25) is 0 Å². The Balaban J connectivity index is 1.72. The van der Waals surface area contributed by atoms with Gasteiger partial charge in [0.25, 0.3) is 0 Å². The summed E-state index contributed by atoms with van der Waals surface area (Å²) >= 11 is 0. The summed E-state index contributed by atoms with van der Waals surface area (Å²) in [7, 11) is 0. The molecule has 1 aliphatic heterocycles. The van der Waals surface area contributed by atoms with Gasteiger partial charge in [-0.2, -0.15) is 5.10 Å². The summed E-state index contributed by atoms with van der Waals surface area (Å²) in [6, 6.07) is 6.12. The molecule has 0 bridgehead atoms. The zero-order valence-corrected chi connectivity index (χ0v) is 14.9. The molecule has 0 aromatic carbocycles. The highest BCUT2D eigenvalue weighted by atomic mass is 16.2. The number of H-pyrrole nitrogens is 1. The van der Waals surface area contributed by atoms with Gasteiger partial charge in [0.05, 0.1) is 5.69 Å². The molecule has 130 valence electrons. The topological polar surface area (TPSA) is 70.7 Å². The van der Waals surface area contributed by atoms with Gasteiger partial charge in [0, 0.05) is 47.1 Å². The van der Waals surface area contributed by atoms with Gasteiger partial charge >= 0.3 is 0 Å². The number of nitrogens with zero attached hydrogens (tertiary/aromatic N) is 2. The second kappa shape index (κ2) is 7.47. The highest BCUT2D eigenvalue weighted by Gasteiger charge is 2.23. The number of hydrogen-bond donors (Lipinski definition) is 2. The third-order valence-corrected chi connectivity index (χ3v) is 4.60. The summed E-state index contributed by atoms with van der Waals surface area (Å²) in [6.45, 7) is 6.98. The number of carbonyl (C=O) groups excluding carboxylic acids is 1.